The molecule has 11 heavy (non-hydrogen) atoms. The molecule has 0 saturated carbocycles. The van der Waals surface area contributed by atoms with Crippen LogP contribution in [-0.4, -0.2) is 25.7 Å². The summed E-state index contributed by atoms with van der Waals surface area (Å²) in [6.07, 6.45) is 0.615. The molecule has 4 heteroatoms. The van der Waals surface area contributed by atoms with Crippen molar-refractivity contribution >= 4 is 5.97 Å². The van der Waals surface area contributed by atoms with Crippen LogP contribution < -0.4 is 17.7 Å². The minimum Gasteiger partial charge on any atom is -1.00 e. The molecule has 0 aromatic rings. The second-order valence-electron chi connectivity index (χ2n) is 2.64. The Balaban J connectivity index is 0.000001000. The van der Waals surface area contributed by atoms with E-state index in [2.05, 4.69) is 5.32 Å². The molecule has 3 nitrogen and oxygen atoms in total. The van der Waals surface area contributed by atoms with Gasteiger partial charge in [0, 0.05) is 0 Å². The summed E-state index contributed by atoms with van der Waals surface area (Å²) in [7, 11) is 0. The number of halogens is 1. The van der Waals surface area contributed by atoms with E-state index in [1.54, 1.807) is 0 Å². The van der Waals surface area contributed by atoms with Crippen LogP contribution in [0.3, 0.4) is 0 Å². The Morgan fingerprint density at radius 3 is 2.64 bits per heavy atom. The monoisotopic (exact) mass is 179 g/mol. The number of ether oxygens (including phenoxy) is 1. The van der Waals surface area contributed by atoms with Gasteiger partial charge in [0.2, 0.25) is 0 Å². The van der Waals surface area contributed by atoms with Crippen LogP contribution in [0.4, 0.5) is 0 Å². The Morgan fingerprint density at radius 2 is 2.27 bits per heavy atom. The number of nitrogens with two attached hydrogens (primary N) is 1. The van der Waals surface area contributed by atoms with Crippen LogP contribution in [0.1, 0.15) is 13.3 Å². The molecule has 0 aliphatic carbocycles. The van der Waals surface area contributed by atoms with Gasteiger partial charge in [0.05, 0.1) is 32.0 Å². The molecule has 1 rings (SSSR count). The Labute approximate surface area is 72.9 Å². The first kappa shape index (κ1) is 10.7. The normalized spacial score (nSPS) is 16.5. The molecule has 0 atom stereocenters. The summed E-state index contributed by atoms with van der Waals surface area (Å²) in [5, 5.41) is 2.20. The molecular formula is C7H14ClNO2. The first-order valence-electron chi connectivity index (χ1n) is 3.80. The Morgan fingerprint density at radius 1 is 1.64 bits per heavy atom. The zero-order valence-electron chi connectivity index (χ0n) is 6.68. The zero-order chi connectivity index (χ0) is 7.40. The van der Waals surface area contributed by atoms with Gasteiger partial charge in [-0.25, -0.2) is 0 Å². The summed E-state index contributed by atoms with van der Waals surface area (Å²) in [5.74, 6) is 0.541. The zero-order valence-corrected chi connectivity index (χ0v) is 7.43. The molecule has 1 heterocycles. The molecule has 1 saturated heterocycles. The highest BCUT2D eigenvalue weighted by Crippen LogP contribution is 2.03. The molecule has 0 bridgehead atoms. The van der Waals surface area contributed by atoms with Gasteiger partial charge in [0.25, 0.3) is 0 Å². The maximum absolute atomic E-state index is 10.8. The lowest BCUT2D eigenvalue weighted by atomic mass is 10.00. The lowest BCUT2D eigenvalue weighted by Crippen LogP contribution is -3.00. The smallest absolute Gasteiger partial charge is 0.306 e. The summed E-state index contributed by atoms with van der Waals surface area (Å²) in [4.78, 5) is 10.8. The van der Waals surface area contributed by atoms with E-state index in [1.165, 1.54) is 0 Å². The van der Waals surface area contributed by atoms with E-state index in [9.17, 15) is 4.79 Å². The second-order valence-corrected chi connectivity index (χ2v) is 2.64. The van der Waals surface area contributed by atoms with E-state index < -0.39 is 0 Å². The third kappa shape index (κ3) is 3.58. The summed E-state index contributed by atoms with van der Waals surface area (Å²) in [6.45, 7) is 4.54. The van der Waals surface area contributed by atoms with Crippen molar-refractivity contribution in [2.24, 2.45) is 5.92 Å². The van der Waals surface area contributed by atoms with Gasteiger partial charge < -0.3 is 22.5 Å². The molecule has 2 N–H and O–H groups in total. The predicted octanol–water partition coefficient (Wildman–Crippen LogP) is -3.86. The number of quaternary nitrogens is 1. The molecule has 0 spiro atoms. The van der Waals surface area contributed by atoms with Gasteiger partial charge in [-0.3, -0.25) is 4.79 Å². The van der Waals surface area contributed by atoms with Gasteiger partial charge in [-0.15, -0.1) is 0 Å². The van der Waals surface area contributed by atoms with Crippen molar-refractivity contribution in [2.45, 2.75) is 13.3 Å². The molecule has 1 aliphatic rings. The Bertz CT molecular complexity index is 126. The van der Waals surface area contributed by atoms with Crippen LogP contribution in [0.2, 0.25) is 0 Å². The van der Waals surface area contributed by atoms with Gasteiger partial charge in [0.1, 0.15) is 0 Å². The van der Waals surface area contributed by atoms with Crippen molar-refractivity contribution in [1.29, 1.82) is 0 Å². The third-order valence-electron chi connectivity index (χ3n) is 1.76. The fourth-order valence-corrected chi connectivity index (χ4v) is 1.02. The molecule has 0 unspecified atom stereocenters. The quantitative estimate of drug-likeness (QED) is 0.451. The highest BCUT2D eigenvalue weighted by atomic mass is 35.5. The summed E-state index contributed by atoms with van der Waals surface area (Å²) >= 11 is 0. The molecule has 0 radical (unpaired) electrons. The van der Waals surface area contributed by atoms with Crippen LogP contribution in [-0.2, 0) is 9.53 Å². The molecule has 1 aliphatic heterocycles. The third-order valence-corrected chi connectivity index (χ3v) is 1.76. The van der Waals surface area contributed by atoms with Crippen molar-refractivity contribution in [3.63, 3.8) is 0 Å². The number of carbonyl (C=O) groups excluding carboxylic acids is 1. The van der Waals surface area contributed by atoms with Crippen LogP contribution in [0.15, 0.2) is 0 Å². The van der Waals surface area contributed by atoms with Crippen molar-refractivity contribution in [1.82, 2.24) is 0 Å². The average molecular weight is 180 g/mol. The molecular weight excluding hydrogens is 166 g/mol. The van der Waals surface area contributed by atoms with Gasteiger partial charge >= 0.3 is 5.97 Å². The summed E-state index contributed by atoms with van der Waals surface area (Å²) < 4.78 is 4.80. The van der Waals surface area contributed by atoms with E-state index in [1.807, 2.05) is 6.92 Å². The van der Waals surface area contributed by atoms with E-state index >= 15 is 0 Å². The van der Waals surface area contributed by atoms with Crippen molar-refractivity contribution in [2.75, 3.05) is 19.7 Å². The Kier molecular flexibility index (Phi) is 5.24. The molecule has 0 aromatic heterocycles. The SMILES string of the molecule is CCOC(=O)CC1C[NH2+]C1.[Cl-]. The van der Waals surface area contributed by atoms with Crippen LogP contribution >= 0.6 is 0 Å². The standard InChI is InChI=1S/C7H13NO2.ClH/c1-2-10-7(9)3-6-4-8-5-6;/h6,8H,2-5H2,1H3;1H. The highest BCUT2D eigenvalue weighted by Gasteiger charge is 2.24. The lowest BCUT2D eigenvalue weighted by molar-refractivity contribution is -0.722. The van der Waals surface area contributed by atoms with Gasteiger partial charge in [0.15, 0.2) is 0 Å². The van der Waals surface area contributed by atoms with Crippen molar-refractivity contribution < 1.29 is 27.3 Å². The van der Waals surface area contributed by atoms with Gasteiger partial charge in [-0.05, 0) is 6.92 Å². The number of esters is 1. The van der Waals surface area contributed by atoms with Crippen molar-refractivity contribution in [3.8, 4) is 0 Å². The topological polar surface area (TPSA) is 42.9 Å². The molecule has 0 aromatic carbocycles. The average Bonchev–Trinajstić information content (AvgIpc) is 1.80. The minimum absolute atomic E-state index is 0. The molecule has 1 fully saturated rings. The van der Waals surface area contributed by atoms with Crippen LogP contribution in [0.25, 0.3) is 0 Å². The van der Waals surface area contributed by atoms with E-state index in [0.717, 1.165) is 13.1 Å². The van der Waals surface area contributed by atoms with E-state index in [4.69, 9.17) is 4.74 Å². The number of hydrogen-bond acceptors (Lipinski definition) is 2. The summed E-state index contributed by atoms with van der Waals surface area (Å²) in [6, 6.07) is 0. The Hall–Kier alpha value is -0.280. The highest BCUT2D eigenvalue weighted by molar-refractivity contribution is 5.69. The fraction of sp³-hybridized carbons (Fsp3) is 0.857. The minimum atomic E-state index is -0.0411. The number of hydrogen-bond donors (Lipinski definition) is 1. The van der Waals surface area contributed by atoms with E-state index in [0.29, 0.717) is 18.9 Å². The number of rotatable bonds is 3. The largest absolute Gasteiger partial charge is 1.00 e. The fourth-order valence-electron chi connectivity index (χ4n) is 1.02. The van der Waals surface area contributed by atoms with Crippen molar-refractivity contribution in [3.05, 3.63) is 0 Å². The van der Waals surface area contributed by atoms with Crippen LogP contribution in [0, 0.1) is 5.92 Å². The summed E-state index contributed by atoms with van der Waals surface area (Å²) in [5.41, 5.74) is 0. The first-order chi connectivity index (χ1) is 4.83. The maximum atomic E-state index is 10.8. The van der Waals surface area contributed by atoms with Gasteiger partial charge in [-0.2, -0.15) is 0 Å². The molecule has 0 amide bonds. The van der Waals surface area contributed by atoms with Gasteiger partial charge in [-0.1, -0.05) is 0 Å². The predicted molar refractivity (Wildman–Crippen MR) is 36.4 cm³/mol. The van der Waals surface area contributed by atoms with Crippen LogP contribution in [0.5, 0.6) is 0 Å². The lowest BCUT2D eigenvalue weighted by Gasteiger charge is -2.21. The first-order valence-corrected chi connectivity index (χ1v) is 3.80. The maximum Gasteiger partial charge on any atom is 0.306 e. The molecule has 66 valence electrons. The second kappa shape index (κ2) is 5.38. The number of carbonyl (C=O) groups is 1. The van der Waals surface area contributed by atoms with E-state index in [-0.39, 0.29) is 18.4 Å².